The summed E-state index contributed by atoms with van der Waals surface area (Å²) < 4.78 is 26.9. The summed E-state index contributed by atoms with van der Waals surface area (Å²) in [7, 11) is 1.58. The largest absolute Gasteiger partial charge is 0.339 e. The first-order chi connectivity index (χ1) is 9.11. The van der Waals surface area contributed by atoms with Crippen molar-refractivity contribution in [3.05, 3.63) is 35.4 Å². The Kier molecular flexibility index (Phi) is 5.22. The SMILES string of the molecule is CC(c1cc(F)ccc1F)N(C)C(=O)CCC(C)(C)N. The number of rotatable bonds is 5. The van der Waals surface area contributed by atoms with Crippen LogP contribution in [0.4, 0.5) is 8.78 Å². The predicted molar refractivity (Wildman–Crippen MR) is 75.0 cm³/mol. The highest BCUT2D eigenvalue weighted by Gasteiger charge is 2.22. The summed E-state index contributed by atoms with van der Waals surface area (Å²) in [6, 6.07) is 2.72. The van der Waals surface area contributed by atoms with Crippen molar-refractivity contribution in [1.82, 2.24) is 4.90 Å². The second-order valence-corrected chi connectivity index (χ2v) is 5.84. The average molecular weight is 284 g/mol. The van der Waals surface area contributed by atoms with E-state index >= 15 is 0 Å². The van der Waals surface area contributed by atoms with Gasteiger partial charge in [-0.05, 0) is 45.4 Å². The molecule has 112 valence electrons. The lowest BCUT2D eigenvalue weighted by molar-refractivity contribution is -0.132. The minimum atomic E-state index is -0.529. The fraction of sp³-hybridized carbons (Fsp3) is 0.533. The van der Waals surface area contributed by atoms with Crippen LogP contribution in [0.25, 0.3) is 0 Å². The minimum Gasteiger partial charge on any atom is -0.339 e. The molecule has 0 aliphatic carbocycles. The number of amides is 1. The Bertz CT molecular complexity index is 483. The van der Waals surface area contributed by atoms with Gasteiger partial charge in [-0.25, -0.2) is 8.78 Å². The van der Waals surface area contributed by atoms with E-state index in [0.717, 1.165) is 18.2 Å². The van der Waals surface area contributed by atoms with E-state index in [2.05, 4.69) is 0 Å². The van der Waals surface area contributed by atoms with Crippen molar-refractivity contribution in [3.63, 3.8) is 0 Å². The molecule has 0 heterocycles. The standard InChI is InChI=1S/C15H22F2N2O/c1-10(12-9-11(16)5-6-13(12)17)19(4)14(20)7-8-15(2,3)18/h5-6,9-10H,7-8,18H2,1-4H3. The van der Waals surface area contributed by atoms with Crippen molar-refractivity contribution in [2.75, 3.05) is 7.05 Å². The van der Waals surface area contributed by atoms with Gasteiger partial charge in [0, 0.05) is 24.6 Å². The smallest absolute Gasteiger partial charge is 0.222 e. The van der Waals surface area contributed by atoms with Crippen LogP contribution < -0.4 is 5.73 Å². The summed E-state index contributed by atoms with van der Waals surface area (Å²) in [5.41, 5.74) is 5.58. The molecule has 0 fully saturated rings. The quantitative estimate of drug-likeness (QED) is 0.903. The van der Waals surface area contributed by atoms with Crippen molar-refractivity contribution in [2.24, 2.45) is 5.73 Å². The topological polar surface area (TPSA) is 46.3 Å². The van der Waals surface area contributed by atoms with Gasteiger partial charge >= 0.3 is 0 Å². The Morgan fingerprint density at radius 2 is 2.00 bits per heavy atom. The van der Waals surface area contributed by atoms with E-state index < -0.39 is 23.2 Å². The normalized spacial score (nSPS) is 13.2. The van der Waals surface area contributed by atoms with E-state index in [1.54, 1.807) is 14.0 Å². The number of carbonyl (C=O) groups is 1. The Morgan fingerprint density at radius 3 is 2.55 bits per heavy atom. The van der Waals surface area contributed by atoms with Gasteiger partial charge in [0.25, 0.3) is 0 Å². The lowest BCUT2D eigenvalue weighted by Gasteiger charge is -2.27. The molecule has 1 aromatic rings. The Balaban J connectivity index is 2.78. The molecule has 20 heavy (non-hydrogen) atoms. The van der Waals surface area contributed by atoms with Crippen molar-refractivity contribution >= 4 is 5.91 Å². The average Bonchev–Trinajstić information content (AvgIpc) is 2.36. The van der Waals surface area contributed by atoms with Crippen LogP contribution in [0.3, 0.4) is 0 Å². The molecule has 0 saturated heterocycles. The molecule has 0 radical (unpaired) electrons. The molecule has 1 unspecified atom stereocenters. The van der Waals surface area contributed by atoms with E-state index in [1.165, 1.54) is 4.90 Å². The lowest BCUT2D eigenvalue weighted by Crippen LogP contribution is -2.36. The Hall–Kier alpha value is -1.49. The second-order valence-electron chi connectivity index (χ2n) is 5.84. The fourth-order valence-electron chi connectivity index (χ4n) is 1.86. The molecule has 1 rings (SSSR count). The molecule has 5 heteroatoms. The molecule has 0 aliphatic rings. The molecule has 1 amide bonds. The minimum absolute atomic E-state index is 0.139. The van der Waals surface area contributed by atoms with Crippen LogP contribution in [-0.4, -0.2) is 23.4 Å². The van der Waals surface area contributed by atoms with Crippen LogP contribution >= 0.6 is 0 Å². The predicted octanol–water partition coefficient (Wildman–Crippen LogP) is 3.00. The number of hydrogen-bond acceptors (Lipinski definition) is 2. The van der Waals surface area contributed by atoms with E-state index in [0.29, 0.717) is 6.42 Å². The van der Waals surface area contributed by atoms with Crippen molar-refractivity contribution < 1.29 is 13.6 Å². The summed E-state index contributed by atoms with van der Waals surface area (Å²) in [5.74, 6) is -1.17. The molecule has 1 aromatic carbocycles. The van der Waals surface area contributed by atoms with E-state index in [-0.39, 0.29) is 17.9 Å². The molecular formula is C15H22F2N2O. The number of nitrogens with two attached hydrogens (primary N) is 1. The summed E-state index contributed by atoms with van der Waals surface area (Å²) in [6.45, 7) is 5.36. The molecule has 0 bridgehead atoms. The van der Waals surface area contributed by atoms with Gasteiger partial charge in [-0.15, -0.1) is 0 Å². The zero-order valence-electron chi connectivity index (χ0n) is 12.4. The van der Waals surface area contributed by atoms with Gasteiger partial charge in [0.05, 0.1) is 6.04 Å². The van der Waals surface area contributed by atoms with Gasteiger partial charge in [-0.2, -0.15) is 0 Å². The number of halogens is 2. The van der Waals surface area contributed by atoms with Gasteiger partial charge < -0.3 is 10.6 Å². The van der Waals surface area contributed by atoms with Gasteiger partial charge in [0.2, 0.25) is 5.91 Å². The molecule has 1 atom stereocenters. The zero-order chi connectivity index (χ0) is 15.5. The van der Waals surface area contributed by atoms with Gasteiger partial charge in [-0.1, -0.05) is 0 Å². The van der Waals surface area contributed by atoms with Crippen LogP contribution in [-0.2, 0) is 4.79 Å². The van der Waals surface area contributed by atoms with Gasteiger partial charge in [-0.3, -0.25) is 4.79 Å². The Labute approximate surface area is 118 Å². The van der Waals surface area contributed by atoms with Crippen LogP contribution in [0.2, 0.25) is 0 Å². The highest BCUT2D eigenvalue weighted by Crippen LogP contribution is 2.24. The summed E-state index contributed by atoms with van der Waals surface area (Å²) in [6.07, 6.45) is 0.815. The van der Waals surface area contributed by atoms with Gasteiger partial charge in [0.15, 0.2) is 0 Å². The van der Waals surface area contributed by atoms with Crippen LogP contribution in [0.15, 0.2) is 18.2 Å². The molecular weight excluding hydrogens is 262 g/mol. The third-order valence-corrected chi connectivity index (χ3v) is 3.37. The Morgan fingerprint density at radius 1 is 1.40 bits per heavy atom. The van der Waals surface area contributed by atoms with Crippen molar-refractivity contribution in [3.8, 4) is 0 Å². The van der Waals surface area contributed by atoms with E-state index in [9.17, 15) is 13.6 Å². The molecule has 0 saturated carbocycles. The molecule has 2 N–H and O–H groups in total. The maximum Gasteiger partial charge on any atom is 0.222 e. The first-order valence-corrected chi connectivity index (χ1v) is 6.61. The van der Waals surface area contributed by atoms with Crippen molar-refractivity contribution in [2.45, 2.75) is 45.2 Å². The third-order valence-electron chi connectivity index (χ3n) is 3.37. The number of nitrogens with zero attached hydrogens (tertiary/aromatic N) is 1. The van der Waals surface area contributed by atoms with Crippen molar-refractivity contribution in [1.29, 1.82) is 0 Å². The molecule has 3 nitrogen and oxygen atoms in total. The zero-order valence-corrected chi connectivity index (χ0v) is 12.4. The van der Waals surface area contributed by atoms with E-state index in [1.807, 2.05) is 13.8 Å². The number of hydrogen-bond donors (Lipinski definition) is 1. The maximum absolute atomic E-state index is 13.7. The number of benzene rings is 1. The monoisotopic (exact) mass is 284 g/mol. The lowest BCUT2D eigenvalue weighted by atomic mass is 9.99. The highest BCUT2D eigenvalue weighted by molar-refractivity contribution is 5.76. The van der Waals surface area contributed by atoms with E-state index in [4.69, 9.17) is 5.73 Å². The molecule has 0 aliphatic heterocycles. The summed E-state index contributed by atoms with van der Waals surface area (Å²) in [5, 5.41) is 0. The van der Waals surface area contributed by atoms with Gasteiger partial charge in [0.1, 0.15) is 11.6 Å². The maximum atomic E-state index is 13.7. The summed E-state index contributed by atoms with van der Waals surface area (Å²) in [4.78, 5) is 13.5. The fourth-order valence-corrected chi connectivity index (χ4v) is 1.86. The van der Waals surface area contributed by atoms with Crippen LogP contribution in [0.5, 0.6) is 0 Å². The molecule has 0 spiro atoms. The van der Waals surface area contributed by atoms with Crippen LogP contribution in [0.1, 0.15) is 45.2 Å². The van der Waals surface area contributed by atoms with Crippen LogP contribution in [0, 0.1) is 11.6 Å². The first kappa shape index (κ1) is 16.6. The third kappa shape index (κ3) is 4.56. The number of carbonyl (C=O) groups excluding carboxylic acids is 1. The molecule has 0 aromatic heterocycles. The first-order valence-electron chi connectivity index (χ1n) is 6.61. The summed E-state index contributed by atoms with van der Waals surface area (Å²) >= 11 is 0. The second kappa shape index (κ2) is 6.31. The highest BCUT2D eigenvalue weighted by atomic mass is 19.1.